The lowest BCUT2D eigenvalue weighted by Gasteiger charge is -2.32. The van der Waals surface area contributed by atoms with Crippen molar-refractivity contribution in [3.8, 4) is 0 Å². The number of amides is 1. The van der Waals surface area contributed by atoms with Gasteiger partial charge in [-0.05, 0) is 57.3 Å². The first-order chi connectivity index (χ1) is 17.8. The third-order valence-electron chi connectivity index (χ3n) is 9.80. The standard InChI is InChI=1S/C34H61NO/c1-29(34(36)35-32-27-21-15-9-4-10-16-22-28-32)33(30-23-17-11-5-2-6-12-18-24-30)31-25-19-13-7-3-8-14-20-26-31/h30-32H,2-28H2,1H3,(H,35,36). The number of allylic oxidation sites excluding steroid dienone is 1. The summed E-state index contributed by atoms with van der Waals surface area (Å²) in [6.07, 6.45) is 36.6. The number of rotatable bonds is 4. The van der Waals surface area contributed by atoms with Gasteiger partial charge in [0.05, 0.1) is 0 Å². The molecule has 36 heavy (non-hydrogen) atoms. The Bertz CT molecular complexity index is 565. The molecule has 2 nitrogen and oxygen atoms in total. The van der Waals surface area contributed by atoms with E-state index in [-0.39, 0.29) is 0 Å². The van der Waals surface area contributed by atoms with E-state index in [0.29, 0.717) is 23.8 Å². The van der Waals surface area contributed by atoms with Gasteiger partial charge >= 0.3 is 0 Å². The van der Waals surface area contributed by atoms with Crippen molar-refractivity contribution in [3.63, 3.8) is 0 Å². The van der Waals surface area contributed by atoms with Gasteiger partial charge in [0, 0.05) is 11.6 Å². The van der Waals surface area contributed by atoms with Crippen molar-refractivity contribution < 1.29 is 4.79 Å². The lowest BCUT2D eigenvalue weighted by molar-refractivity contribution is -0.118. The van der Waals surface area contributed by atoms with Crippen LogP contribution in [0, 0.1) is 11.8 Å². The molecule has 0 saturated heterocycles. The highest BCUT2D eigenvalue weighted by molar-refractivity contribution is 5.94. The Labute approximate surface area is 225 Å². The maximum atomic E-state index is 13.9. The number of carbonyl (C=O) groups is 1. The Morgan fingerprint density at radius 2 is 0.722 bits per heavy atom. The number of nitrogens with one attached hydrogen (secondary N) is 1. The summed E-state index contributed by atoms with van der Waals surface area (Å²) in [7, 11) is 0. The van der Waals surface area contributed by atoms with Gasteiger partial charge in [0.15, 0.2) is 0 Å². The van der Waals surface area contributed by atoms with E-state index in [2.05, 4.69) is 12.2 Å². The predicted octanol–water partition coefficient (Wildman–Crippen LogP) is 10.6. The van der Waals surface area contributed by atoms with Gasteiger partial charge in [-0.2, -0.15) is 0 Å². The highest BCUT2D eigenvalue weighted by Gasteiger charge is 2.28. The van der Waals surface area contributed by atoms with Crippen LogP contribution in [-0.2, 0) is 4.79 Å². The number of carbonyl (C=O) groups excluding carboxylic acids is 1. The van der Waals surface area contributed by atoms with E-state index in [1.54, 1.807) is 5.57 Å². The topological polar surface area (TPSA) is 29.1 Å². The lowest BCUT2D eigenvalue weighted by atomic mass is 9.74. The Kier molecular flexibility index (Phi) is 15.3. The average molecular weight is 500 g/mol. The van der Waals surface area contributed by atoms with Gasteiger partial charge in [0.1, 0.15) is 0 Å². The first kappa shape index (κ1) is 29.8. The van der Waals surface area contributed by atoms with Crippen molar-refractivity contribution in [2.45, 2.75) is 186 Å². The zero-order valence-corrected chi connectivity index (χ0v) is 24.2. The molecule has 0 unspecified atom stereocenters. The summed E-state index contributed by atoms with van der Waals surface area (Å²) in [6.45, 7) is 2.22. The summed E-state index contributed by atoms with van der Waals surface area (Å²) in [4.78, 5) is 13.9. The second-order valence-electron chi connectivity index (χ2n) is 12.8. The number of hydrogen-bond donors (Lipinski definition) is 1. The Morgan fingerprint density at radius 3 is 1.06 bits per heavy atom. The number of hydrogen-bond acceptors (Lipinski definition) is 1. The van der Waals surface area contributed by atoms with Gasteiger partial charge in [0.2, 0.25) is 5.91 Å². The molecule has 0 aromatic rings. The van der Waals surface area contributed by atoms with Crippen molar-refractivity contribution in [3.05, 3.63) is 11.1 Å². The minimum atomic E-state index is 0.293. The fourth-order valence-corrected chi connectivity index (χ4v) is 7.57. The Balaban J connectivity index is 1.79. The van der Waals surface area contributed by atoms with Gasteiger partial charge in [-0.1, -0.05) is 140 Å². The van der Waals surface area contributed by atoms with Crippen molar-refractivity contribution >= 4 is 5.91 Å². The second kappa shape index (κ2) is 18.5. The summed E-state index contributed by atoms with van der Waals surface area (Å²) in [5.41, 5.74) is 2.75. The molecule has 2 heteroatoms. The maximum absolute atomic E-state index is 13.9. The molecule has 3 saturated carbocycles. The van der Waals surface area contributed by atoms with E-state index in [0.717, 1.165) is 5.57 Å². The van der Waals surface area contributed by atoms with Crippen LogP contribution in [0.15, 0.2) is 11.1 Å². The van der Waals surface area contributed by atoms with E-state index < -0.39 is 0 Å². The minimum absolute atomic E-state index is 0.293. The largest absolute Gasteiger partial charge is 0.350 e. The highest BCUT2D eigenvalue weighted by atomic mass is 16.1. The SMILES string of the molecule is CC(C(=O)NC1CCCCCCCCC1)=C(C1CCCCCCCCC1)C1CCCCCCCCC1. The second-order valence-corrected chi connectivity index (χ2v) is 12.8. The molecule has 3 aliphatic rings. The minimum Gasteiger partial charge on any atom is -0.350 e. The average Bonchev–Trinajstić information content (AvgIpc) is 2.90. The molecule has 0 aliphatic heterocycles. The molecule has 3 fully saturated rings. The molecular weight excluding hydrogens is 438 g/mol. The van der Waals surface area contributed by atoms with Crippen LogP contribution in [0.5, 0.6) is 0 Å². The monoisotopic (exact) mass is 499 g/mol. The van der Waals surface area contributed by atoms with Crippen LogP contribution >= 0.6 is 0 Å². The van der Waals surface area contributed by atoms with Crippen LogP contribution in [0.2, 0.25) is 0 Å². The molecule has 3 rings (SSSR count). The van der Waals surface area contributed by atoms with E-state index in [4.69, 9.17) is 0 Å². The molecule has 0 aromatic carbocycles. The van der Waals surface area contributed by atoms with Crippen LogP contribution < -0.4 is 5.32 Å². The zero-order valence-electron chi connectivity index (χ0n) is 24.2. The fourth-order valence-electron chi connectivity index (χ4n) is 7.57. The third kappa shape index (κ3) is 11.3. The first-order valence-corrected chi connectivity index (χ1v) is 16.8. The molecule has 208 valence electrons. The first-order valence-electron chi connectivity index (χ1n) is 16.8. The molecule has 0 aromatic heterocycles. The van der Waals surface area contributed by atoms with Crippen LogP contribution in [0.1, 0.15) is 180 Å². The molecule has 1 N–H and O–H groups in total. The van der Waals surface area contributed by atoms with Gasteiger partial charge in [-0.25, -0.2) is 0 Å². The molecule has 0 bridgehead atoms. The van der Waals surface area contributed by atoms with Gasteiger partial charge in [-0.15, -0.1) is 0 Å². The molecule has 1 amide bonds. The Hall–Kier alpha value is -0.790. The van der Waals surface area contributed by atoms with Crippen molar-refractivity contribution in [2.75, 3.05) is 0 Å². The maximum Gasteiger partial charge on any atom is 0.247 e. The normalized spacial score (nSPS) is 24.4. The van der Waals surface area contributed by atoms with Gasteiger partial charge in [-0.3, -0.25) is 4.79 Å². The third-order valence-corrected chi connectivity index (χ3v) is 9.80. The molecule has 0 radical (unpaired) electrons. The quantitative estimate of drug-likeness (QED) is 0.383. The van der Waals surface area contributed by atoms with E-state index >= 15 is 0 Å². The van der Waals surface area contributed by atoms with E-state index in [1.165, 1.54) is 173 Å². The molecular formula is C34H61NO. The van der Waals surface area contributed by atoms with Crippen LogP contribution in [0.25, 0.3) is 0 Å². The van der Waals surface area contributed by atoms with Crippen LogP contribution in [0.4, 0.5) is 0 Å². The summed E-state index contributed by atoms with van der Waals surface area (Å²) >= 11 is 0. The van der Waals surface area contributed by atoms with E-state index in [9.17, 15) is 4.79 Å². The highest BCUT2D eigenvalue weighted by Crippen LogP contribution is 2.39. The predicted molar refractivity (Wildman–Crippen MR) is 156 cm³/mol. The smallest absolute Gasteiger partial charge is 0.247 e. The lowest BCUT2D eigenvalue weighted by Crippen LogP contribution is -2.36. The molecule has 3 aliphatic carbocycles. The summed E-state index contributed by atoms with van der Waals surface area (Å²) in [5, 5.41) is 3.60. The summed E-state index contributed by atoms with van der Waals surface area (Å²) < 4.78 is 0. The van der Waals surface area contributed by atoms with Gasteiger partial charge < -0.3 is 5.32 Å². The zero-order chi connectivity index (χ0) is 25.3. The van der Waals surface area contributed by atoms with Crippen molar-refractivity contribution in [2.24, 2.45) is 11.8 Å². The summed E-state index contributed by atoms with van der Waals surface area (Å²) in [5.74, 6) is 1.58. The van der Waals surface area contributed by atoms with Crippen molar-refractivity contribution in [1.82, 2.24) is 5.32 Å². The van der Waals surface area contributed by atoms with Crippen LogP contribution in [-0.4, -0.2) is 11.9 Å². The molecule has 0 atom stereocenters. The van der Waals surface area contributed by atoms with Crippen LogP contribution in [0.3, 0.4) is 0 Å². The molecule has 0 spiro atoms. The Morgan fingerprint density at radius 1 is 0.444 bits per heavy atom. The molecule has 0 heterocycles. The van der Waals surface area contributed by atoms with Crippen molar-refractivity contribution in [1.29, 1.82) is 0 Å². The van der Waals surface area contributed by atoms with Gasteiger partial charge in [0.25, 0.3) is 0 Å². The summed E-state index contributed by atoms with van der Waals surface area (Å²) in [6, 6.07) is 0.389. The fraction of sp³-hybridized carbons (Fsp3) is 0.912. The van der Waals surface area contributed by atoms with E-state index in [1.807, 2.05) is 0 Å².